The molecule has 1 amide bonds. The highest BCUT2D eigenvalue weighted by molar-refractivity contribution is 6.01. The summed E-state index contributed by atoms with van der Waals surface area (Å²) in [6, 6.07) is 11.8. The van der Waals surface area contributed by atoms with E-state index in [0.29, 0.717) is 17.1 Å². The maximum atomic E-state index is 12.5. The van der Waals surface area contributed by atoms with Gasteiger partial charge in [-0.15, -0.1) is 0 Å². The molecular formula is C16H13N4O6+. The van der Waals surface area contributed by atoms with Crippen molar-refractivity contribution in [3.05, 3.63) is 74.8 Å². The predicted octanol–water partition coefficient (Wildman–Crippen LogP) is 1.41. The van der Waals surface area contributed by atoms with E-state index < -0.39 is 16.5 Å². The Morgan fingerprint density at radius 3 is 2.42 bits per heavy atom. The van der Waals surface area contributed by atoms with Crippen LogP contribution in [0.4, 0.5) is 11.4 Å². The SMILES string of the molecule is COc1ccc(-[n+]2[nH]oc(=O)c2C(=O)Nc2ccc([N+](=O)[O-])cc2)cc1. The molecule has 132 valence electrons. The van der Waals surface area contributed by atoms with Gasteiger partial charge >= 0.3 is 17.2 Å². The van der Waals surface area contributed by atoms with Crippen LogP contribution in [0, 0.1) is 10.1 Å². The lowest BCUT2D eigenvalue weighted by Gasteiger charge is -2.01. The standard InChI is InChI=1S/C16H12N4O6/c1-25-13-8-6-11(7-9-13)19-14(16(22)26-18-19)15(21)17-10-2-4-12(5-3-10)20(23)24/h2-9H,1H3,(H-,17,18,21,22)/p+1. The highest BCUT2D eigenvalue weighted by Crippen LogP contribution is 2.16. The van der Waals surface area contributed by atoms with Gasteiger partial charge < -0.3 is 10.1 Å². The molecule has 10 nitrogen and oxygen atoms in total. The molecule has 0 spiro atoms. The number of ether oxygens (including phenoxy) is 1. The molecule has 1 heterocycles. The van der Waals surface area contributed by atoms with Crippen molar-refractivity contribution in [1.82, 2.24) is 5.27 Å². The number of hydrogen-bond donors (Lipinski definition) is 2. The minimum Gasteiger partial charge on any atom is -0.497 e. The summed E-state index contributed by atoms with van der Waals surface area (Å²) in [5.41, 5.74) is -0.487. The second-order valence-corrected chi connectivity index (χ2v) is 5.12. The van der Waals surface area contributed by atoms with Crippen LogP contribution in [0.5, 0.6) is 5.75 Å². The van der Waals surface area contributed by atoms with Gasteiger partial charge in [-0.05, 0) is 34.2 Å². The number of methoxy groups -OCH3 is 1. The molecule has 0 unspecified atom stereocenters. The molecule has 26 heavy (non-hydrogen) atoms. The molecule has 1 aromatic heterocycles. The van der Waals surface area contributed by atoms with Crippen LogP contribution in [0.15, 0.2) is 57.8 Å². The van der Waals surface area contributed by atoms with Crippen molar-refractivity contribution in [2.24, 2.45) is 0 Å². The normalized spacial score (nSPS) is 10.3. The number of anilines is 1. The van der Waals surface area contributed by atoms with Crippen LogP contribution in [0.1, 0.15) is 10.5 Å². The number of nitro groups is 1. The van der Waals surface area contributed by atoms with Crippen molar-refractivity contribution in [3.8, 4) is 11.4 Å². The van der Waals surface area contributed by atoms with Crippen molar-refractivity contribution < 1.29 is 23.7 Å². The van der Waals surface area contributed by atoms with Gasteiger partial charge in [-0.3, -0.25) is 19.4 Å². The summed E-state index contributed by atoms with van der Waals surface area (Å²) in [7, 11) is 1.52. The number of carbonyl (C=O) groups excluding carboxylic acids is 1. The maximum absolute atomic E-state index is 12.5. The fraction of sp³-hybridized carbons (Fsp3) is 0.0625. The van der Waals surface area contributed by atoms with Gasteiger partial charge in [-0.1, -0.05) is 0 Å². The number of H-pyrrole nitrogens is 1. The van der Waals surface area contributed by atoms with Crippen molar-refractivity contribution in [2.45, 2.75) is 0 Å². The molecule has 0 bridgehead atoms. The average Bonchev–Trinajstić information content (AvgIpc) is 3.04. The number of nitrogens with zero attached hydrogens (tertiary/aromatic N) is 2. The highest BCUT2D eigenvalue weighted by Gasteiger charge is 2.31. The fourth-order valence-corrected chi connectivity index (χ4v) is 2.24. The molecular weight excluding hydrogens is 344 g/mol. The Kier molecular flexibility index (Phi) is 4.48. The fourth-order valence-electron chi connectivity index (χ4n) is 2.24. The summed E-state index contributed by atoms with van der Waals surface area (Å²) in [4.78, 5) is 34.5. The zero-order valence-corrected chi connectivity index (χ0v) is 13.5. The van der Waals surface area contributed by atoms with Crippen LogP contribution in [-0.4, -0.2) is 23.2 Å². The third kappa shape index (κ3) is 3.29. The Morgan fingerprint density at radius 1 is 1.19 bits per heavy atom. The molecule has 3 aromatic rings. The summed E-state index contributed by atoms with van der Waals surface area (Å²) in [5.74, 6) is -0.123. The molecule has 3 rings (SSSR count). The predicted molar refractivity (Wildman–Crippen MR) is 88.5 cm³/mol. The smallest absolute Gasteiger partial charge is 0.441 e. The molecule has 10 heteroatoms. The largest absolute Gasteiger partial charge is 0.497 e. The van der Waals surface area contributed by atoms with Gasteiger partial charge in [0.1, 0.15) is 5.75 Å². The lowest BCUT2D eigenvalue weighted by Crippen LogP contribution is -2.42. The van der Waals surface area contributed by atoms with Gasteiger partial charge in [0.05, 0.1) is 12.0 Å². The quantitative estimate of drug-likeness (QED) is 0.403. The van der Waals surface area contributed by atoms with Gasteiger partial charge in [-0.25, -0.2) is 4.79 Å². The third-order valence-corrected chi connectivity index (χ3v) is 3.53. The van der Waals surface area contributed by atoms with E-state index in [2.05, 4.69) is 10.6 Å². The van der Waals surface area contributed by atoms with Gasteiger partial charge in [-0.2, -0.15) is 0 Å². The molecule has 2 N–H and O–H groups in total. The number of aromatic nitrogens is 2. The van der Waals surface area contributed by atoms with Crippen LogP contribution in [0.2, 0.25) is 0 Å². The van der Waals surface area contributed by atoms with Gasteiger partial charge in [0.15, 0.2) is 0 Å². The topological polar surface area (TPSA) is 131 Å². The minimum absolute atomic E-state index is 0.113. The van der Waals surface area contributed by atoms with Gasteiger partial charge in [0.2, 0.25) is 5.69 Å². The first kappa shape index (κ1) is 16.9. The second kappa shape index (κ2) is 6.89. The van der Waals surface area contributed by atoms with Crippen LogP contribution in [0.3, 0.4) is 0 Å². The molecule has 0 aliphatic rings. The first-order valence-electron chi connectivity index (χ1n) is 7.33. The number of benzene rings is 2. The average molecular weight is 357 g/mol. The zero-order chi connectivity index (χ0) is 18.7. The van der Waals surface area contributed by atoms with Crippen LogP contribution in [0.25, 0.3) is 5.69 Å². The maximum Gasteiger partial charge on any atom is 0.441 e. The second-order valence-electron chi connectivity index (χ2n) is 5.12. The Morgan fingerprint density at radius 2 is 1.85 bits per heavy atom. The van der Waals surface area contributed by atoms with Gasteiger partial charge in [0, 0.05) is 30.0 Å². The summed E-state index contributed by atoms with van der Waals surface area (Å²) in [6.45, 7) is 0. The zero-order valence-electron chi connectivity index (χ0n) is 13.5. The molecule has 2 aromatic carbocycles. The summed E-state index contributed by atoms with van der Waals surface area (Å²) < 4.78 is 11.0. The third-order valence-electron chi connectivity index (χ3n) is 3.53. The van der Waals surface area contributed by atoms with Gasteiger partial charge in [0.25, 0.3) is 5.69 Å². The number of nitro benzene ring substituents is 1. The molecule has 0 saturated carbocycles. The van der Waals surface area contributed by atoms with E-state index in [4.69, 9.17) is 9.26 Å². The van der Waals surface area contributed by atoms with E-state index in [0.717, 1.165) is 0 Å². The minimum atomic E-state index is -0.861. The van der Waals surface area contributed by atoms with Crippen molar-refractivity contribution in [3.63, 3.8) is 0 Å². The number of aromatic amines is 1. The number of nitrogens with one attached hydrogen (secondary N) is 2. The first-order valence-corrected chi connectivity index (χ1v) is 7.33. The van der Waals surface area contributed by atoms with Crippen molar-refractivity contribution >= 4 is 17.3 Å². The molecule has 0 saturated heterocycles. The summed E-state index contributed by atoms with van der Waals surface area (Å²) in [6.07, 6.45) is 0. The Hall–Kier alpha value is -3.95. The van der Waals surface area contributed by atoms with Crippen molar-refractivity contribution in [2.75, 3.05) is 12.4 Å². The van der Waals surface area contributed by atoms with E-state index in [9.17, 15) is 19.7 Å². The van der Waals surface area contributed by atoms with Crippen LogP contribution >= 0.6 is 0 Å². The number of rotatable bonds is 5. The lowest BCUT2D eigenvalue weighted by atomic mass is 10.2. The number of carbonyl (C=O) groups is 1. The molecule has 0 radical (unpaired) electrons. The molecule has 0 fully saturated rings. The monoisotopic (exact) mass is 357 g/mol. The van der Waals surface area contributed by atoms with Crippen LogP contribution < -0.4 is 20.4 Å². The molecule has 0 aliphatic carbocycles. The van der Waals surface area contributed by atoms with E-state index >= 15 is 0 Å². The summed E-state index contributed by atoms with van der Waals surface area (Å²) in [5, 5.41) is 15.5. The van der Waals surface area contributed by atoms with Crippen LogP contribution in [-0.2, 0) is 0 Å². The molecule has 0 atom stereocenters. The van der Waals surface area contributed by atoms with E-state index in [1.807, 2.05) is 0 Å². The number of hydrogen-bond acceptors (Lipinski definition) is 6. The number of amides is 1. The number of non-ortho nitro benzene ring substituents is 1. The summed E-state index contributed by atoms with van der Waals surface area (Å²) >= 11 is 0. The molecule has 0 aliphatic heterocycles. The Bertz CT molecular complexity index is 1000. The Balaban J connectivity index is 1.88. The van der Waals surface area contributed by atoms with E-state index in [-0.39, 0.29) is 11.4 Å². The Labute approximate surface area is 145 Å². The van der Waals surface area contributed by atoms with E-state index in [1.165, 1.54) is 36.1 Å². The van der Waals surface area contributed by atoms with E-state index in [1.54, 1.807) is 24.3 Å². The first-order chi connectivity index (χ1) is 12.5. The highest BCUT2D eigenvalue weighted by atomic mass is 16.6. The lowest BCUT2D eigenvalue weighted by molar-refractivity contribution is -0.672. The van der Waals surface area contributed by atoms with Crippen molar-refractivity contribution in [1.29, 1.82) is 0 Å².